The van der Waals surface area contributed by atoms with Crippen molar-refractivity contribution in [1.29, 1.82) is 0 Å². The summed E-state index contributed by atoms with van der Waals surface area (Å²) >= 11 is 0. The van der Waals surface area contributed by atoms with Crippen LogP contribution in [0.25, 0.3) is 0 Å². The Bertz CT molecular complexity index is 689. The Balaban J connectivity index is 2.26. The van der Waals surface area contributed by atoms with E-state index in [9.17, 15) is 18.0 Å². The van der Waals surface area contributed by atoms with Crippen LogP contribution in [0.2, 0.25) is 0 Å². The molecule has 3 nitrogen and oxygen atoms in total. The minimum Gasteiger partial charge on any atom is -0.478 e. The Morgan fingerprint density at radius 2 is 1.71 bits per heavy atom. The molecule has 0 heterocycles. The van der Waals surface area contributed by atoms with E-state index in [0.717, 1.165) is 30.3 Å². The zero-order valence-corrected chi connectivity index (χ0v) is 11.0. The molecule has 0 fully saturated rings. The Labute approximate surface area is 119 Å². The highest BCUT2D eigenvalue weighted by Crippen LogP contribution is 2.24. The summed E-state index contributed by atoms with van der Waals surface area (Å²) < 4.78 is 39.7. The van der Waals surface area contributed by atoms with Gasteiger partial charge in [-0.25, -0.2) is 18.0 Å². The molecule has 0 aliphatic rings. The van der Waals surface area contributed by atoms with Crippen molar-refractivity contribution in [3.63, 3.8) is 0 Å². The second kappa shape index (κ2) is 5.87. The van der Waals surface area contributed by atoms with Gasteiger partial charge in [0.25, 0.3) is 0 Å². The molecule has 0 amide bonds. The highest BCUT2D eigenvalue weighted by atomic mass is 19.2. The minimum atomic E-state index is -1.18. The third-order valence-electron chi connectivity index (χ3n) is 3.03. The molecular formula is C15H12F3NO2. The lowest BCUT2D eigenvalue weighted by Gasteiger charge is -2.17. The monoisotopic (exact) mass is 295 g/mol. The number of nitrogens with one attached hydrogen (secondary N) is 1. The summed E-state index contributed by atoms with van der Waals surface area (Å²) in [5, 5.41) is 11.6. The largest absolute Gasteiger partial charge is 0.478 e. The summed E-state index contributed by atoms with van der Waals surface area (Å²) in [4.78, 5) is 10.9. The van der Waals surface area contributed by atoms with Crippen LogP contribution in [0.1, 0.15) is 28.9 Å². The average Bonchev–Trinajstić information content (AvgIpc) is 2.43. The zero-order chi connectivity index (χ0) is 15.6. The second-order valence-corrected chi connectivity index (χ2v) is 4.54. The number of carboxylic acid groups (broad SMARTS) is 1. The van der Waals surface area contributed by atoms with Crippen LogP contribution < -0.4 is 5.32 Å². The van der Waals surface area contributed by atoms with E-state index in [4.69, 9.17) is 5.11 Å². The van der Waals surface area contributed by atoms with E-state index < -0.39 is 29.5 Å². The van der Waals surface area contributed by atoms with E-state index in [0.29, 0.717) is 5.56 Å². The number of halogens is 3. The molecule has 2 aromatic rings. The van der Waals surface area contributed by atoms with Crippen molar-refractivity contribution in [2.24, 2.45) is 0 Å². The van der Waals surface area contributed by atoms with Gasteiger partial charge >= 0.3 is 5.97 Å². The summed E-state index contributed by atoms with van der Waals surface area (Å²) in [6.45, 7) is 1.62. The smallest absolute Gasteiger partial charge is 0.335 e. The minimum absolute atomic E-state index is 0.0212. The summed E-state index contributed by atoms with van der Waals surface area (Å²) in [5.41, 5.74) is 0.317. The van der Waals surface area contributed by atoms with Crippen molar-refractivity contribution in [3.8, 4) is 0 Å². The lowest BCUT2D eigenvalue weighted by atomic mass is 10.1. The SMILES string of the molecule is CC(Nc1cc(C(=O)O)ccc1F)c1ccc(F)c(F)c1. The van der Waals surface area contributed by atoms with Crippen molar-refractivity contribution in [2.45, 2.75) is 13.0 Å². The molecule has 0 spiro atoms. The van der Waals surface area contributed by atoms with Gasteiger partial charge in [-0.2, -0.15) is 0 Å². The number of anilines is 1. The fourth-order valence-electron chi connectivity index (χ4n) is 1.87. The van der Waals surface area contributed by atoms with E-state index in [1.807, 2.05) is 0 Å². The van der Waals surface area contributed by atoms with Crippen LogP contribution in [0, 0.1) is 17.5 Å². The quantitative estimate of drug-likeness (QED) is 0.897. The van der Waals surface area contributed by atoms with Crippen molar-refractivity contribution < 1.29 is 23.1 Å². The molecule has 2 aromatic carbocycles. The summed E-state index contributed by atoms with van der Waals surface area (Å²) in [5.74, 6) is -3.78. The maximum atomic E-state index is 13.7. The van der Waals surface area contributed by atoms with Gasteiger partial charge in [0.15, 0.2) is 11.6 Å². The van der Waals surface area contributed by atoms with Crippen LogP contribution >= 0.6 is 0 Å². The van der Waals surface area contributed by atoms with Crippen LogP contribution in [0.5, 0.6) is 0 Å². The Hall–Kier alpha value is -2.50. The molecule has 0 bridgehead atoms. The molecule has 2 N–H and O–H groups in total. The molecule has 110 valence electrons. The molecule has 0 radical (unpaired) electrons. The van der Waals surface area contributed by atoms with Crippen LogP contribution in [-0.2, 0) is 0 Å². The lowest BCUT2D eigenvalue weighted by molar-refractivity contribution is 0.0697. The van der Waals surface area contributed by atoms with Crippen molar-refractivity contribution in [1.82, 2.24) is 0 Å². The third kappa shape index (κ3) is 3.34. The van der Waals surface area contributed by atoms with E-state index >= 15 is 0 Å². The third-order valence-corrected chi connectivity index (χ3v) is 3.03. The van der Waals surface area contributed by atoms with Gasteiger partial charge in [0, 0.05) is 6.04 Å². The Kier molecular flexibility index (Phi) is 4.16. The maximum absolute atomic E-state index is 13.7. The first kappa shape index (κ1) is 14.9. The first-order valence-electron chi connectivity index (χ1n) is 6.13. The molecule has 1 atom stereocenters. The normalized spacial score (nSPS) is 12.0. The van der Waals surface area contributed by atoms with Crippen LogP contribution in [0.15, 0.2) is 36.4 Å². The van der Waals surface area contributed by atoms with Gasteiger partial charge in [0.1, 0.15) is 5.82 Å². The first-order chi connectivity index (χ1) is 9.88. The maximum Gasteiger partial charge on any atom is 0.335 e. The molecule has 0 saturated heterocycles. The highest BCUT2D eigenvalue weighted by Gasteiger charge is 2.13. The number of carboxylic acids is 1. The number of hydrogen-bond acceptors (Lipinski definition) is 2. The number of carbonyl (C=O) groups is 1. The fourth-order valence-corrected chi connectivity index (χ4v) is 1.87. The van der Waals surface area contributed by atoms with Crippen LogP contribution in [0.3, 0.4) is 0 Å². The molecule has 2 rings (SSSR count). The van der Waals surface area contributed by atoms with E-state index in [-0.39, 0.29) is 11.3 Å². The lowest BCUT2D eigenvalue weighted by Crippen LogP contribution is -2.09. The van der Waals surface area contributed by atoms with E-state index in [2.05, 4.69) is 5.32 Å². The molecule has 0 aromatic heterocycles. The topological polar surface area (TPSA) is 49.3 Å². The first-order valence-corrected chi connectivity index (χ1v) is 6.13. The summed E-state index contributed by atoms with van der Waals surface area (Å²) in [6.07, 6.45) is 0. The zero-order valence-electron chi connectivity index (χ0n) is 11.0. The van der Waals surface area contributed by atoms with Gasteiger partial charge in [-0.05, 0) is 42.8 Å². The van der Waals surface area contributed by atoms with Gasteiger partial charge in [0.2, 0.25) is 0 Å². The number of hydrogen-bond donors (Lipinski definition) is 2. The number of aromatic carboxylic acids is 1. The van der Waals surface area contributed by atoms with Crippen molar-refractivity contribution in [2.75, 3.05) is 5.32 Å². The predicted octanol–water partition coefficient (Wildman–Crippen LogP) is 3.98. The predicted molar refractivity (Wildman–Crippen MR) is 71.8 cm³/mol. The summed E-state index contributed by atoms with van der Waals surface area (Å²) in [6, 6.07) is 6.15. The van der Waals surface area contributed by atoms with Gasteiger partial charge in [0.05, 0.1) is 11.3 Å². The van der Waals surface area contributed by atoms with Crippen molar-refractivity contribution in [3.05, 3.63) is 65.0 Å². The molecule has 6 heteroatoms. The molecule has 21 heavy (non-hydrogen) atoms. The molecule has 0 aliphatic carbocycles. The molecule has 0 saturated carbocycles. The Morgan fingerprint density at radius 1 is 1.05 bits per heavy atom. The average molecular weight is 295 g/mol. The second-order valence-electron chi connectivity index (χ2n) is 4.54. The highest BCUT2D eigenvalue weighted by molar-refractivity contribution is 5.88. The van der Waals surface area contributed by atoms with E-state index in [1.165, 1.54) is 6.07 Å². The Morgan fingerprint density at radius 3 is 2.33 bits per heavy atom. The molecule has 0 aliphatic heterocycles. The van der Waals surface area contributed by atoms with Gasteiger partial charge in [-0.3, -0.25) is 0 Å². The number of benzene rings is 2. The number of rotatable bonds is 4. The fraction of sp³-hybridized carbons (Fsp3) is 0.133. The van der Waals surface area contributed by atoms with Gasteiger partial charge in [-0.15, -0.1) is 0 Å². The van der Waals surface area contributed by atoms with E-state index in [1.54, 1.807) is 6.92 Å². The molecular weight excluding hydrogens is 283 g/mol. The van der Waals surface area contributed by atoms with Gasteiger partial charge < -0.3 is 10.4 Å². The standard InChI is InChI=1S/C15H12F3NO2/c1-8(9-2-4-11(16)13(18)6-9)19-14-7-10(15(20)21)3-5-12(14)17/h2-8,19H,1H3,(H,20,21). The van der Waals surface area contributed by atoms with Crippen LogP contribution in [0.4, 0.5) is 18.9 Å². The van der Waals surface area contributed by atoms with Crippen molar-refractivity contribution >= 4 is 11.7 Å². The van der Waals surface area contributed by atoms with Gasteiger partial charge in [-0.1, -0.05) is 6.07 Å². The molecule has 1 unspecified atom stereocenters. The van der Waals surface area contributed by atoms with Crippen LogP contribution in [-0.4, -0.2) is 11.1 Å². The summed E-state index contributed by atoms with van der Waals surface area (Å²) in [7, 11) is 0.